The summed E-state index contributed by atoms with van der Waals surface area (Å²) in [5.41, 5.74) is 5.83. The fourth-order valence-corrected chi connectivity index (χ4v) is 1.54. The van der Waals surface area contributed by atoms with Crippen LogP contribution in [-0.2, 0) is 16.1 Å². The number of esters is 1. The molecule has 90 valence electrons. The van der Waals surface area contributed by atoms with Gasteiger partial charge in [-0.05, 0) is 27.7 Å². The Morgan fingerprint density at radius 1 is 1.62 bits per heavy atom. The lowest BCUT2D eigenvalue weighted by atomic mass is 10.0. The van der Waals surface area contributed by atoms with Crippen molar-refractivity contribution in [3.63, 3.8) is 0 Å². The van der Waals surface area contributed by atoms with E-state index in [0.717, 1.165) is 11.5 Å². The van der Waals surface area contributed by atoms with Crippen molar-refractivity contribution in [1.82, 2.24) is 9.55 Å². The predicted molar refractivity (Wildman–Crippen MR) is 60.9 cm³/mol. The molecule has 0 spiro atoms. The van der Waals surface area contributed by atoms with E-state index in [2.05, 4.69) is 4.98 Å². The summed E-state index contributed by atoms with van der Waals surface area (Å²) >= 11 is 0. The molecule has 0 fully saturated rings. The second kappa shape index (κ2) is 4.65. The SMILES string of the molecule is CCOC(=O)C(C)(N)Cn1cc(C)nc1C. The van der Waals surface area contributed by atoms with Gasteiger partial charge in [0.05, 0.1) is 18.8 Å². The summed E-state index contributed by atoms with van der Waals surface area (Å²) in [4.78, 5) is 15.9. The zero-order chi connectivity index (χ0) is 12.3. The smallest absolute Gasteiger partial charge is 0.327 e. The van der Waals surface area contributed by atoms with Gasteiger partial charge in [-0.2, -0.15) is 0 Å². The molecule has 16 heavy (non-hydrogen) atoms. The van der Waals surface area contributed by atoms with Crippen LogP contribution in [0.1, 0.15) is 25.4 Å². The van der Waals surface area contributed by atoms with Crippen LogP contribution in [0.25, 0.3) is 0 Å². The van der Waals surface area contributed by atoms with Crippen LogP contribution in [0.3, 0.4) is 0 Å². The molecule has 1 aromatic rings. The lowest BCUT2D eigenvalue weighted by molar-refractivity contribution is -0.149. The van der Waals surface area contributed by atoms with Gasteiger partial charge < -0.3 is 15.0 Å². The number of hydrogen-bond acceptors (Lipinski definition) is 4. The van der Waals surface area contributed by atoms with Gasteiger partial charge in [0.2, 0.25) is 0 Å². The zero-order valence-electron chi connectivity index (χ0n) is 10.3. The predicted octanol–water partition coefficient (Wildman–Crippen LogP) is 0.780. The van der Waals surface area contributed by atoms with E-state index in [9.17, 15) is 4.79 Å². The molecule has 1 rings (SSSR count). The van der Waals surface area contributed by atoms with Crippen molar-refractivity contribution in [2.24, 2.45) is 5.73 Å². The molecular weight excluding hydrogens is 206 g/mol. The van der Waals surface area contributed by atoms with Gasteiger partial charge >= 0.3 is 5.97 Å². The molecule has 0 aliphatic carbocycles. The Morgan fingerprint density at radius 3 is 2.69 bits per heavy atom. The summed E-state index contributed by atoms with van der Waals surface area (Å²) in [6.07, 6.45) is 1.87. The lowest BCUT2D eigenvalue weighted by Gasteiger charge is -2.23. The van der Waals surface area contributed by atoms with Gasteiger partial charge in [0.1, 0.15) is 11.4 Å². The number of rotatable bonds is 4. The molecule has 0 amide bonds. The van der Waals surface area contributed by atoms with E-state index in [0.29, 0.717) is 13.2 Å². The van der Waals surface area contributed by atoms with Crippen LogP contribution < -0.4 is 5.73 Å². The highest BCUT2D eigenvalue weighted by molar-refractivity contribution is 5.79. The van der Waals surface area contributed by atoms with E-state index in [1.54, 1.807) is 13.8 Å². The number of aryl methyl sites for hydroxylation is 2. The van der Waals surface area contributed by atoms with Gasteiger partial charge in [-0.1, -0.05) is 0 Å². The Bertz CT molecular complexity index is 383. The summed E-state index contributed by atoms with van der Waals surface area (Å²) in [6.45, 7) is 7.93. The molecule has 1 atom stereocenters. The average molecular weight is 225 g/mol. The monoisotopic (exact) mass is 225 g/mol. The Hall–Kier alpha value is -1.36. The maximum atomic E-state index is 11.6. The van der Waals surface area contributed by atoms with Crippen molar-refractivity contribution >= 4 is 5.97 Å². The van der Waals surface area contributed by atoms with Gasteiger partial charge in [0, 0.05) is 6.20 Å². The van der Waals surface area contributed by atoms with Crippen molar-refractivity contribution in [3.05, 3.63) is 17.7 Å². The van der Waals surface area contributed by atoms with Gasteiger partial charge in [-0.3, -0.25) is 0 Å². The standard InChI is InChI=1S/C11H19N3O2/c1-5-16-10(15)11(4,12)7-14-6-8(2)13-9(14)3/h6H,5,7,12H2,1-4H3. The topological polar surface area (TPSA) is 70.1 Å². The molecular formula is C11H19N3O2. The highest BCUT2D eigenvalue weighted by Gasteiger charge is 2.30. The summed E-state index contributed by atoms with van der Waals surface area (Å²) in [5, 5.41) is 0. The molecule has 0 saturated carbocycles. The second-order valence-electron chi connectivity index (χ2n) is 4.20. The first-order valence-electron chi connectivity index (χ1n) is 5.33. The highest BCUT2D eigenvalue weighted by Crippen LogP contribution is 2.10. The largest absolute Gasteiger partial charge is 0.465 e. The summed E-state index contributed by atoms with van der Waals surface area (Å²) < 4.78 is 6.80. The first-order chi connectivity index (χ1) is 7.36. The summed E-state index contributed by atoms with van der Waals surface area (Å²) in [7, 11) is 0. The average Bonchev–Trinajstić information content (AvgIpc) is 2.44. The van der Waals surface area contributed by atoms with E-state index in [1.807, 2.05) is 24.6 Å². The molecule has 2 N–H and O–H groups in total. The Labute approximate surface area is 95.6 Å². The minimum Gasteiger partial charge on any atom is -0.465 e. The molecule has 5 nitrogen and oxygen atoms in total. The van der Waals surface area contributed by atoms with Crippen LogP contribution in [0, 0.1) is 13.8 Å². The van der Waals surface area contributed by atoms with Gasteiger partial charge in [-0.15, -0.1) is 0 Å². The van der Waals surface area contributed by atoms with E-state index in [4.69, 9.17) is 10.5 Å². The van der Waals surface area contributed by atoms with Crippen LogP contribution in [-0.4, -0.2) is 27.7 Å². The quantitative estimate of drug-likeness (QED) is 0.769. The van der Waals surface area contributed by atoms with Crippen LogP contribution in [0.5, 0.6) is 0 Å². The van der Waals surface area contributed by atoms with Gasteiger partial charge in [0.15, 0.2) is 0 Å². The molecule has 0 aromatic carbocycles. The molecule has 1 unspecified atom stereocenters. The number of nitrogens with two attached hydrogens (primary N) is 1. The number of hydrogen-bond donors (Lipinski definition) is 1. The van der Waals surface area contributed by atoms with Crippen LogP contribution in [0.15, 0.2) is 6.20 Å². The number of ether oxygens (including phenoxy) is 1. The third-order valence-corrected chi connectivity index (χ3v) is 2.34. The third kappa shape index (κ3) is 2.82. The van der Waals surface area contributed by atoms with Crippen molar-refractivity contribution < 1.29 is 9.53 Å². The van der Waals surface area contributed by atoms with Crippen molar-refractivity contribution in [3.8, 4) is 0 Å². The molecule has 5 heteroatoms. The Morgan fingerprint density at radius 2 is 2.25 bits per heavy atom. The third-order valence-electron chi connectivity index (χ3n) is 2.34. The number of imidazole rings is 1. The number of aromatic nitrogens is 2. The molecule has 0 saturated heterocycles. The number of carbonyl (C=O) groups is 1. The molecule has 0 aliphatic heterocycles. The molecule has 0 radical (unpaired) electrons. The van der Waals surface area contributed by atoms with Gasteiger partial charge in [-0.25, -0.2) is 9.78 Å². The van der Waals surface area contributed by atoms with Crippen molar-refractivity contribution in [2.45, 2.75) is 39.8 Å². The first-order valence-corrected chi connectivity index (χ1v) is 5.33. The number of nitrogens with zero attached hydrogens (tertiary/aromatic N) is 2. The lowest BCUT2D eigenvalue weighted by Crippen LogP contribution is -2.49. The van der Waals surface area contributed by atoms with Crippen LogP contribution >= 0.6 is 0 Å². The van der Waals surface area contributed by atoms with Crippen LogP contribution in [0.2, 0.25) is 0 Å². The fraction of sp³-hybridized carbons (Fsp3) is 0.636. The Kier molecular flexibility index (Phi) is 3.70. The maximum absolute atomic E-state index is 11.6. The van der Waals surface area contributed by atoms with E-state index < -0.39 is 5.54 Å². The van der Waals surface area contributed by atoms with E-state index >= 15 is 0 Å². The van der Waals surface area contributed by atoms with Gasteiger partial charge in [0.25, 0.3) is 0 Å². The number of carbonyl (C=O) groups excluding carboxylic acids is 1. The van der Waals surface area contributed by atoms with Crippen molar-refractivity contribution in [1.29, 1.82) is 0 Å². The normalized spacial score (nSPS) is 14.6. The molecule has 0 aliphatic rings. The molecule has 1 heterocycles. The van der Waals surface area contributed by atoms with E-state index in [-0.39, 0.29) is 5.97 Å². The molecule has 1 aromatic heterocycles. The fourth-order valence-electron chi connectivity index (χ4n) is 1.54. The summed E-state index contributed by atoms with van der Waals surface area (Å²) in [6, 6.07) is 0. The van der Waals surface area contributed by atoms with Crippen LogP contribution in [0.4, 0.5) is 0 Å². The minimum atomic E-state index is -1.02. The first kappa shape index (κ1) is 12.7. The van der Waals surface area contributed by atoms with Crippen molar-refractivity contribution in [2.75, 3.05) is 6.61 Å². The highest BCUT2D eigenvalue weighted by atomic mass is 16.5. The summed E-state index contributed by atoms with van der Waals surface area (Å²) in [5.74, 6) is 0.458. The minimum absolute atomic E-state index is 0.341. The molecule has 0 bridgehead atoms. The zero-order valence-corrected chi connectivity index (χ0v) is 10.3. The Balaban J connectivity index is 2.79. The maximum Gasteiger partial charge on any atom is 0.327 e. The van der Waals surface area contributed by atoms with E-state index in [1.165, 1.54) is 0 Å². The second-order valence-corrected chi connectivity index (χ2v) is 4.20.